The molecule has 1 nitrogen and oxygen atoms in total. The quantitative estimate of drug-likeness (QED) is 0.723. The van der Waals surface area contributed by atoms with Gasteiger partial charge < -0.3 is 5.32 Å². The van der Waals surface area contributed by atoms with Gasteiger partial charge in [0.15, 0.2) is 0 Å². The monoisotopic (exact) mass is 327 g/mol. The van der Waals surface area contributed by atoms with Crippen LogP contribution in [0.1, 0.15) is 26.3 Å². The Morgan fingerprint density at radius 1 is 1.47 bits per heavy atom. The van der Waals surface area contributed by atoms with Crippen LogP contribution in [-0.4, -0.2) is 13.1 Å². The molecule has 0 heterocycles. The zero-order valence-electron chi connectivity index (χ0n) is 12.0. The summed E-state index contributed by atoms with van der Waals surface area (Å²) in [7, 11) is 0. The Kier molecular flexibility index (Phi) is 6.21. The average molecular weight is 328 g/mol. The predicted molar refractivity (Wildman–Crippen MR) is 83.8 cm³/mol. The molecule has 1 atom stereocenters. The molecule has 0 radical (unpaired) electrons. The third kappa shape index (κ3) is 5.45. The first-order chi connectivity index (χ1) is 8.86. The summed E-state index contributed by atoms with van der Waals surface area (Å²) in [6.07, 6.45) is 2.82. The Morgan fingerprint density at radius 2 is 2.16 bits per heavy atom. The highest BCUT2D eigenvalue weighted by molar-refractivity contribution is 9.10. The van der Waals surface area contributed by atoms with Crippen LogP contribution in [0.25, 0.3) is 0 Å². The minimum Gasteiger partial charge on any atom is -0.316 e. The SMILES string of the molecule is C=CC(C)(CNCC(C)C)Cc1ccc(F)cc1Br. The molecule has 19 heavy (non-hydrogen) atoms. The maximum absolute atomic E-state index is 13.1. The van der Waals surface area contributed by atoms with Crippen LogP contribution in [-0.2, 0) is 6.42 Å². The van der Waals surface area contributed by atoms with Gasteiger partial charge in [0.2, 0.25) is 0 Å². The van der Waals surface area contributed by atoms with Gasteiger partial charge in [-0.1, -0.05) is 48.8 Å². The zero-order valence-corrected chi connectivity index (χ0v) is 13.6. The Labute approximate surface area is 124 Å². The smallest absolute Gasteiger partial charge is 0.124 e. The standard InChI is InChI=1S/C16H23BrFN/c1-5-16(4,11-19-10-12(2)3)9-13-6-7-14(18)8-15(13)17/h5-8,12,19H,1,9-11H2,2-4H3. The van der Waals surface area contributed by atoms with Crippen molar-refractivity contribution in [2.75, 3.05) is 13.1 Å². The lowest BCUT2D eigenvalue weighted by atomic mass is 9.83. The Morgan fingerprint density at radius 3 is 2.68 bits per heavy atom. The predicted octanol–water partition coefficient (Wildman–Crippen LogP) is 4.57. The van der Waals surface area contributed by atoms with Crippen LogP contribution < -0.4 is 5.32 Å². The van der Waals surface area contributed by atoms with E-state index >= 15 is 0 Å². The topological polar surface area (TPSA) is 12.0 Å². The van der Waals surface area contributed by atoms with E-state index in [9.17, 15) is 4.39 Å². The lowest BCUT2D eigenvalue weighted by Crippen LogP contribution is -2.34. The molecule has 1 rings (SSSR count). The Hall–Kier alpha value is -0.670. The molecule has 106 valence electrons. The Bertz CT molecular complexity index is 431. The molecule has 0 saturated heterocycles. The molecule has 0 amide bonds. The summed E-state index contributed by atoms with van der Waals surface area (Å²) in [6.45, 7) is 12.4. The van der Waals surface area contributed by atoms with Crippen LogP contribution in [0, 0.1) is 17.2 Å². The average Bonchev–Trinajstić information content (AvgIpc) is 2.32. The molecule has 1 aromatic carbocycles. The zero-order chi connectivity index (χ0) is 14.5. The fourth-order valence-corrected chi connectivity index (χ4v) is 2.44. The van der Waals surface area contributed by atoms with Gasteiger partial charge in [-0.05, 0) is 36.6 Å². The first-order valence-electron chi connectivity index (χ1n) is 6.64. The van der Waals surface area contributed by atoms with Gasteiger partial charge >= 0.3 is 0 Å². The minimum atomic E-state index is -0.214. The van der Waals surface area contributed by atoms with Gasteiger partial charge in [-0.25, -0.2) is 4.39 Å². The highest BCUT2D eigenvalue weighted by Crippen LogP contribution is 2.28. The van der Waals surface area contributed by atoms with Gasteiger partial charge in [-0.15, -0.1) is 6.58 Å². The van der Waals surface area contributed by atoms with Gasteiger partial charge in [0.1, 0.15) is 5.82 Å². The van der Waals surface area contributed by atoms with Crippen LogP contribution in [0.15, 0.2) is 35.3 Å². The molecule has 0 aliphatic rings. The van der Waals surface area contributed by atoms with E-state index in [-0.39, 0.29) is 11.2 Å². The molecule has 0 aliphatic heterocycles. The van der Waals surface area contributed by atoms with Crippen LogP contribution in [0.5, 0.6) is 0 Å². The number of halogens is 2. The van der Waals surface area contributed by atoms with Crippen molar-refractivity contribution in [1.29, 1.82) is 0 Å². The van der Waals surface area contributed by atoms with Gasteiger partial charge in [0.05, 0.1) is 0 Å². The van der Waals surface area contributed by atoms with Crippen molar-refractivity contribution in [2.24, 2.45) is 11.3 Å². The summed E-state index contributed by atoms with van der Waals surface area (Å²) in [5, 5.41) is 3.47. The lowest BCUT2D eigenvalue weighted by Gasteiger charge is -2.27. The van der Waals surface area contributed by atoms with Crippen molar-refractivity contribution in [1.82, 2.24) is 5.32 Å². The van der Waals surface area contributed by atoms with Gasteiger partial charge in [-0.3, -0.25) is 0 Å². The maximum Gasteiger partial charge on any atom is 0.124 e. The summed E-state index contributed by atoms with van der Waals surface area (Å²) >= 11 is 3.43. The highest BCUT2D eigenvalue weighted by Gasteiger charge is 2.21. The fraction of sp³-hybridized carbons (Fsp3) is 0.500. The third-order valence-corrected chi connectivity index (χ3v) is 3.92. The summed E-state index contributed by atoms with van der Waals surface area (Å²) in [6, 6.07) is 4.86. The maximum atomic E-state index is 13.1. The molecular formula is C16H23BrFN. The lowest BCUT2D eigenvalue weighted by molar-refractivity contribution is 0.377. The minimum absolute atomic E-state index is 0.0325. The molecule has 0 fully saturated rings. The summed E-state index contributed by atoms with van der Waals surface area (Å²) in [5.41, 5.74) is 1.07. The van der Waals surface area contributed by atoms with Gasteiger partial charge in [-0.2, -0.15) is 0 Å². The van der Waals surface area contributed by atoms with E-state index in [4.69, 9.17) is 0 Å². The molecule has 0 spiro atoms. The first-order valence-corrected chi connectivity index (χ1v) is 7.44. The highest BCUT2D eigenvalue weighted by atomic mass is 79.9. The number of hydrogen-bond donors (Lipinski definition) is 1. The molecule has 3 heteroatoms. The Balaban J connectivity index is 2.71. The van der Waals surface area contributed by atoms with Crippen molar-refractivity contribution in [3.63, 3.8) is 0 Å². The van der Waals surface area contributed by atoms with Crippen LogP contribution in [0.2, 0.25) is 0 Å². The molecule has 1 aromatic rings. The molecule has 0 bridgehead atoms. The molecular weight excluding hydrogens is 305 g/mol. The summed E-state index contributed by atoms with van der Waals surface area (Å²) in [4.78, 5) is 0. The van der Waals surface area contributed by atoms with E-state index in [0.29, 0.717) is 5.92 Å². The molecule has 1 unspecified atom stereocenters. The second-order valence-corrected chi connectivity index (χ2v) is 6.65. The second kappa shape index (κ2) is 7.20. The van der Waals surface area contributed by atoms with E-state index in [1.807, 2.05) is 12.1 Å². The van der Waals surface area contributed by atoms with Crippen LogP contribution in [0.3, 0.4) is 0 Å². The van der Waals surface area contributed by atoms with Crippen molar-refractivity contribution >= 4 is 15.9 Å². The first kappa shape index (κ1) is 16.4. The third-order valence-electron chi connectivity index (χ3n) is 3.18. The molecule has 0 aliphatic carbocycles. The second-order valence-electron chi connectivity index (χ2n) is 5.80. The van der Waals surface area contributed by atoms with E-state index in [2.05, 4.69) is 48.6 Å². The normalized spacial score (nSPS) is 14.4. The number of nitrogens with one attached hydrogen (secondary N) is 1. The van der Waals surface area contributed by atoms with Crippen molar-refractivity contribution in [2.45, 2.75) is 27.2 Å². The summed E-state index contributed by atoms with van der Waals surface area (Å²) < 4.78 is 13.9. The van der Waals surface area contributed by atoms with E-state index in [1.54, 1.807) is 0 Å². The fourth-order valence-electron chi connectivity index (χ4n) is 1.95. The summed E-state index contributed by atoms with van der Waals surface area (Å²) in [5.74, 6) is 0.417. The molecule has 1 N–H and O–H groups in total. The van der Waals surface area contributed by atoms with Crippen LogP contribution >= 0.6 is 15.9 Å². The van der Waals surface area contributed by atoms with Gasteiger partial charge in [0.25, 0.3) is 0 Å². The largest absolute Gasteiger partial charge is 0.316 e. The number of hydrogen-bond acceptors (Lipinski definition) is 1. The molecule has 0 aromatic heterocycles. The van der Waals surface area contributed by atoms with Crippen molar-refractivity contribution < 1.29 is 4.39 Å². The van der Waals surface area contributed by atoms with E-state index < -0.39 is 0 Å². The van der Waals surface area contributed by atoms with Crippen molar-refractivity contribution in [3.8, 4) is 0 Å². The molecule has 0 saturated carbocycles. The van der Waals surface area contributed by atoms with Crippen molar-refractivity contribution in [3.05, 3.63) is 46.7 Å². The van der Waals surface area contributed by atoms with E-state index in [1.165, 1.54) is 12.1 Å². The van der Waals surface area contributed by atoms with Gasteiger partial charge in [0, 0.05) is 16.4 Å². The van der Waals surface area contributed by atoms with Crippen LogP contribution in [0.4, 0.5) is 4.39 Å². The van der Waals surface area contributed by atoms with E-state index in [0.717, 1.165) is 29.5 Å². The number of benzene rings is 1. The number of rotatable bonds is 7.